The van der Waals surface area contributed by atoms with Crippen LogP contribution < -0.4 is 153 Å². The second kappa shape index (κ2) is 26.7. The third kappa shape index (κ3) is 16.8. The predicted octanol–water partition coefficient (Wildman–Crippen LogP) is -2.18. The monoisotopic (exact) mass is 967 g/mol. The Hall–Kier alpha value is -1.05. The molecule has 4 heterocycles. The summed E-state index contributed by atoms with van der Waals surface area (Å²) in [5, 5.41) is 23.1. The molecular weight excluding hydrogens is 934 g/mol. The summed E-state index contributed by atoms with van der Waals surface area (Å²) in [5.41, 5.74) is 3.08. The third-order valence-corrected chi connectivity index (χ3v) is 5.98. The van der Waals surface area contributed by atoms with Gasteiger partial charge in [0.15, 0.2) is 5.43 Å². The van der Waals surface area contributed by atoms with E-state index in [0.717, 1.165) is 24.1 Å². The van der Waals surface area contributed by atoms with Gasteiger partial charge in [-0.05, 0) is 18.1 Å². The molecule has 14 nitrogen and oxygen atoms in total. The Kier molecular flexibility index (Phi) is 26.1. The molecular formula is C31H34BrCs2N4O10+. The minimum Gasteiger partial charge on any atom is -0.565 e. The molecule has 0 aliphatic heterocycles. The quantitative estimate of drug-likeness (QED) is 0.0931. The van der Waals surface area contributed by atoms with Gasteiger partial charge in [0.1, 0.15) is 16.9 Å². The Morgan fingerprint density at radius 1 is 0.938 bits per heavy atom. The van der Waals surface area contributed by atoms with E-state index in [4.69, 9.17) is 29.2 Å². The van der Waals surface area contributed by atoms with Crippen LogP contribution in [0.3, 0.4) is 0 Å². The normalized spacial score (nSPS) is 9.50. The van der Waals surface area contributed by atoms with E-state index in [-0.39, 0.29) is 143 Å². The number of aromatic amines is 1. The zero-order valence-electron chi connectivity index (χ0n) is 27.4. The van der Waals surface area contributed by atoms with Gasteiger partial charge in [-0.3, -0.25) is 9.31 Å². The zero-order chi connectivity index (χ0) is 33.9. The van der Waals surface area contributed by atoms with Crippen molar-refractivity contribution in [2.75, 3.05) is 32.8 Å². The maximum Gasteiger partial charge on any atom is 1.00 e. The number of aromatic nitrogens is 4. The van der Waals surface area contributed by atoms with E-state index < -0.39 is 18.1 Å². The predicted molar refractivity (Wildman–Crippen MR) is 170 cm³/mol. The number of hydrogen-bond donors (Lipinski definition) is 2. The number of nitrogens with zero attached hydrogens (tertiary/aromatic N) is 3. The standard InChI is InChI=1S/C12H14N2O3.C9H11BrO.C9H8N2O3.CH2O3.2Cs/c1-3-6-17-9-4-5-14-11(7-9)10(8-13-14)12(15)16-2;10-6-7-11-8-9-4-2-1-3-5-9;1-14-9(13)7-5-10-11-3-2-6(12)4-8(7)11;2-1(3)4;;/h4-5,7-8H,3,6H2,1-2H3;1-5H,6-8H2;2-5,10H,1H3;(H2,2,3,4);;/q;;;;2*+1/p-1. The van der Waals surface area contributed by atoms with Crippen molar-refractivity contribution < 1.29 is 181 Å². The molecule has 246 valence electrons. The first-order valence-corrected chi connectivity index (χ1v) is 14.8. The number of nitrogens with one attached hydrogen (secondary N) is 1. The van der Waals surface area contributed by atoms with Gasteiger partial charge in [-0.25, -0.2) is 14.1 Å². The molecule has 0 fully saturated rings. The zero-order valence-corrected chi connectivity index (χ0v) is 41.5. The fraction of sp³-hybridized carbons (Fsp3) is 0.258. The van der Waals surface area contributed by atoms with Crippen molar-refractivity contribution in [1.29, 1.82) is 0 Å². The number of rotatable bonds is 9. The molecule has 4 aromatic heterocycles. The fourth-order valence-corrected chi connectivity index (χ4v) is 3.87. The first-order chi connectivity index (χ1) is 22.1. The molecule has 5 aromatic rings. The largest absolute Gasteiger partial charge is 1.00 e. The number of benzene rings is 1. The number of fused-ring (bicyclic) bond motifs is 2. The molecule has 48 heavy (non-hydrogen) atoms. The van der Waals surface area contributed by atoms with Crippen LogP contribution in [0.25, 0.3) is 11.0 Å². The first kappa shape index (κ1) is 47.0. The van der Waals surface area contributed by atoms with E-state index in [9.17, 15) is 14.4 Å². The Morgan fingerprint density at radius 3 is 2.19 bits per heavy atom. The van der Waals surface area contributed by atoms with Gasteiger partial charge in [0.2, 0.25) is 6.16 Å². The number of carbonyl (C=O) groups is 3. The number of carboxylic acid groups (broad SMARTS) is 2. The van der Waals surface area contributed by atoms with Gasteiger partial charge >= 0.3 is 150 Å². The third-order valence-electron chi connectivity index (χ3n) is 5.66. The number of hydrogen-bond acceptors (Lipinski definition) is 10. The number of pyridine rings is 2. The van der Waals surface area contributed by atoms with Gasteiger partial charge in [0, 0.05) is 42.1 Å². The van der Waals surface area contributed by atoms with Crippen molar-refractivity contribution in [3.05, 3.63) is 106 Å². The number of H-pyrrole nitrogens is 1. The molecule has 0 radical (unpaired) electrons. The van der Waals surface area contributed by atoms with Crippen molar-refractivity contribution >= 4 is 45.1 Å². The van der Waals surface area contributed by atoms with Crippen molar-refractivity contribution in [1.82, 2.24) is 19.2 Å². The van der Waals surface area contributed by atoms with Crippen LogP contribution in [0, 0.1) is 0 Å². The van der Waals surface area contributed by atoms with Crippen molar-refractivity contribution in [3.63, 3.8) is 0 Å². The van der Waals surface area contributed by atoms with E-state index >= 15 is 0 Å². The van der Waals surface area contributed by atoms with Gasteiger partial charge in [0.25, 0.3) is 0 Å². The molecule has 2 N–H and O–H groups in total. The van der Waals surface area contributed by atoms with Crippen LogP contribution in [0.4, 0.5) is 4.79 Å². The van der Waals surface area contributed by atoms with Crippen LogP contribution in [0.15, 0.2) is 84.2 Å². The minimum absolute atomic E-state index is 0. The maximum atomic E-state index is 11.5. The molecule has 0 bridgehead atoms. The molecule has 0 spiro atoms. The average Bonchev–Trinajstić information content (AvgIpc) is 3.68. The molecule has 0 atom stereocenters. The van der Waals surface area contributed by atoms with Crippen LogP contribution >= 0.6 is 15.9 Å². The van der Waals surface area contributed by atoms with E-state index in [0.29, 0.717) is 35.4 Å². The number of methoxy groups -OCH3 is 2. The van der Waals surface area contributed by atoms with E-state index in [2.05, 4.69) is 43.0 Å². The molecule has 0 aliphatic rings. The van der Waals surface area contributed by atoms with Gasteiger partial charge in [0.05, 0.1) is 51.3 Å². The van der Waals surface area contributed by atoms with Gasteiger partial charge in [-0.2, -0.15) is 5.10 Å². The summed E-state index contributed by atoms with van der Waals surface area (Å²) in [5.74, 6) is -0.132. The number of ether oxygens (including phenoxy) is 4. The SMILES string of the molecule is BrCCOCc1ccccc1.CCCOc1ccn2ncc(C(=O)OC)c2c1.COC(=O)c1c[nH]n2ccc(=O)cc12.O=C([O-])O.[Cs+].[Cs+]. The summed E-state index contributed by atoms with van der Waals surface area (Å²) in [6.45, 7) is 4.18. The number of esters is 2. The van der Waals surface area contributed by atoms with E-state index in [1.54, 1.807) is 27.5 Å². The molecule has 0 saturated heterocycles. The second-order valence-electron chi connectivity index (χ2n) is 8.88. The van der Waals surface area contributed by atoms with Gasteiger partial charge in [-0.15, -0.1) is 0 Å². The van der Waals surface area contributed by atoms with Crippen LogP contribution in [0.1, 0.15) is 39.6 Å². The molecule has 0 amide bonds. The number of carbonyl (C=O) groups excluding carboxylic acids is 2. The Labute approximate surface area is 402 Å². The molecule has 0 aliphatic carbocycles. The Balaban J connectivity index is 0.000000652. The van der Waals surface area contributed by atoms with Gasteiger partial charge in [-0.1, -0.05) is 53.2 Å². The molecule has 1 aromatic carbocycles. The van der Waals surface area contributed by atoms with Crippen LogP contribution in [0.2, 0.25) is 0 Å². The average molecular weight is 968 g/mol. The van der Waals surface area contributed by atoms with Crippen molar-refractivity contribution in [2.24, 2.45) is 0 Å². The van der Waals surface area contributed by atoms with E-state index in [1.165, 1.54) is 44.3 Å². The van der Waals surface area contributed by atoms with Crippen LogP contribution in [-0.4, -0.2) is 75.2 Å². The Morgan fingerprint density at radius 2 is 1.58 bits per heavy atom. The minimum atomic E-state index is -2.08. The maximum absolute atomic E-state index is 11.5. The second-order valence-corrected chi connectivity index (χ2v) is 9.67. The summed E-state index contributed by atoms with van der Waals surface area (Å²) in [7, 11) is 2.65. The molecule has 17 heteroatoms. The first-order valence-electron chi connectivity index (χ1n) is 13.7. The summed E-state index contributed by atoms with van der Waals surface area (Å²) < 4.78 is 23.3. The van der Waals surface area contributed by atoms with Gasteiger partial charge < -0.3 is 39.1 Å². The fourth-order valence-electron chi connectivity index (χ4n) is 3.64. The Bertz CT molecular complexity index is 1740. The molecule has 0 saturated carbocycles. The number of halogens is 1. The summed E-state index contributed by atoms with van der Waals surface area (Å²) in [6.07, 6.45) is 5.16. The van der Waals surface area contributed by atoms with E-state index in [1.807, 2.05) is 31.2 Å². The summed E-state index contributed by atoms with van der Waals surface area (Å²) in [4.78, 5) is 42.2. The topological polar surface area (TPSA) is 186 Å². The smallest absolute Gasteiger partial charge is 0.565 e. The van der Waals surface area contributed by atoms with Crippen molar-refractivity contribution in [2.45, 2.75) is 20.0 Å². The van der Waals surface area contributed by atoms with Crippen LogP contribution in [-0.2, 0) is 20.8 Å². The molecule has 5 rings (SSSR count). The van der Waals surface area contributed by atoms with Crippen LogP contribution in [0.5, 0.6) is 5.75 Å². The summed E-state index contributed by atoms with van der Waals surface area (Å²) in [6, 6.07) is 16.6. The number of alkyl halides is 1. The summed E-state index contributed by atoms with van der Waals surface area (Å²) >= 11 is 3.30. The molecule has 0 unspecified atom stereocenters. The van der Waals surface area contributed by atoms with Crippen molar-refractivity contribution in [3.8, 4) is 5.75 Å².